The summed E-state index contributed by atoms with van der Waals surface area (Å²) in [5.74, 6) is 0. The van der Waals surface area contributed by atoms with E-state index in [9.17, 15) is 0 Å². The molecule has 0 spiro atoms. The van der Waals surface area contributed by atoms with Crippen LogP contribution in [0.2, 0.25) is 0 Å². The van der Waals surface area contributed by atoms with Gasteiger partial charge in [0.25, 0.3) is 0 Å². The first kappa shape index (κ1) is 20.0. The minimum atomic E-state index is 1.33. The van der Waals surface area contributed by atoms with E-state index in [1.54, 1.807) is 0 Å². The Morgan fingerprint density at radius 2 is 0.850 bits per heavy atom. The molecule has 0 radical (unpaired) electrons. The Labute approximate surface area is 129 Å². The van der Waals surface area contributed by atoms with Crippen LogP contribution in [0.1, 0.15) is 98.3 Å². The minimum Gasteiger partial charge on any atom is -0.324 e. The molecule has 0 aromatic rings. The van der Waals surface area contributed by atoms with Crippen molar-refractivity contribution in [3.63, 3.8) is 0 Å². The van der Waals surface area contributed by atoms with Crippen molar-refractivity contribution in [3.8, 4) is 0 Å². The molecule has 1 nitrogen and oxygen atoms in total. The third kappa shape index (κ3) is 9.80. The largest absolute Gasteiger partial charge is 0.324 e. The molecule has 0 rings (SSSR count). The molecule has 0 saturated heterocycles. The topological polar surface area (TPSA) is 0 Å². The van der Waals surface area contributed by atoms with Crippen LogP contribution in [0.15, 0.2) is 0 Å². The molecule has 0 aliphatic carbocycles. The lowest BCUT2D eigenvalue weighted by atomic mass is 10.1. The Morgan fingerprint density at radius 3 is 1.30 bits per heavy atom. The van der Waals surface area contributed by atoms with E-state index < -0.39 is 0 Å². The smallest absolute Gasteiger partial charge is 0.0786 e. The molecule has 0 bridgehead atoms. The van der Waals surface area contributed by atoms with Gasteiger partial charge in [-0.2, -0.15) is 0 Å². The van der Waals surface area contributed by atoms with Gasteiger partial charge in [0.1, 0.15) is 0 Å². The average Bonchev–Trinajstić information content (AvgIpc) is 2.49. The fourth-order valence-corrected chi connectivity index (χ4v) is 3.22. The second-order valence-corrected chi connectivity index (χ2v) is 6.60. The van der Waals surface area contributed by atoms with Gasteiger partial charge in [-0.3, -0.25) is 0 Å². The molecule has 0 aliphatic rings. The quantitative estimate of drug-likeness (QED) is 0.249. The Morgan fingerprint density at radius 1 is 0.450 bits per heavy atom. The zero-order chi connectivity index (χ0) is 15.1. The highest BCUT2D eigenvalue weighted by Gasteiger charge is 2.21. The number of hydrogen-bond acceptors (Lipinski definition) is 0. The van der Waals surface area contributed by atoms with Gasteiger partial charge in [-0.05, 0) is 33.1 Å². The SMILES string of the molecule is CCCCCCCCCCC[N+](CC)(CC)CCCC. The lowest BCUT2D eigenvalue weighted by molar-refractivity contribution is -0.925. The normalized spacial score (nSPS) is 12.0. The maximum atomic E-state index is 2.38. The fourth-order valence-electron chi connectivity index (χ4n) is 3.22. The molecular formula is C19H42N+. The summed E-state index contributed by atoms with van der Waals surface area (Å²) in [6.07, 6.45) is 15.8. The van der Waals surface area contributed by atoms with Crippen LogP contribution in [0.3, 0.4) is 0 Å². The monoisotopic (exact) mass is 284 g/mol. The summed E-state index contributed by atoms with van der Waals surface area (Å²) in [7, 11) is 0. The number of unbranched alkanes of at least 4 members (excludes halogenated alkanes) is 9. The average molecular weight is 285 g/mol. The molecule has 20 heavy (non-hydrogen) atoms. The van der Waals surface area contributed by atoms with Crippen LogP contribution in [0.5, 0.6) is 0 Å². The molecule has 0 N–H and O–H groups in total. The summed E-state index contributed by atoms with van der Waals surface area (Å²) in [4.78, 5) is 0. The van der Waals surface area contributed by atoms with Crippen LogP contribution in [0, 0.1) is 0 Å². The van der Waals surface area contributed by atoms with Gasteiger partial charge in [-0.25, -0.2) is 0 Å². The number of hydrogen-bond donors (Lipinski definition) is 0. The molecule has 0 saturated carbocycles. The van der Waals surface area contributed by atoms with Crippen molar-refractivity contribution in [1.82, 2.24) is 0 Å². The summed E-state index contributed by atoms with van der Waals surface area (Å²) in [5, 5.41) is 0. The predicted molar refractivity (Wildman–Crippen MR) is 93.2 cm³/mol. The van der Waals surface area contributed by atoms with E-state index in [1.165, 1.54) is 101 Å². The van der Waals surface area contributed by atoms with Gasteiger partial charge in [0.05, 0.1) is 26.2 Å². The molecule has 122 valence electrons. The van der Waals surface area contributed by atoms with E-state index in [-0.39, 0.29) is 0 Å². The molecule has 0 aliphatic heterocycles. The highest BCUT2D eigenvalue weighted by molar-refractivity contribution is 4.49. The molecule has 0 atom stereocenters. The lowest BCUT2D eigenvalue weighted by Crippen LogP contribution is -2.49. The van der Waals surface area contributed by atoms with Crippen LogP contribution in [0.4, 0.5) is 0 Å². The van der Waals surface area contributed by atoms with Gasteiger partial charge < -0.3 is 4.48 Å². The van der Waals surface area contributed by atoms with Gasteiger partial charge in [0.2, 0.25) is 0 Å². The summed E-state index contributed by atoms with van der Waals surface area (Å²) in [6, 6.07) is 0. The summed E-state index contributed by atoms with van der Waals surface area (Å²) >= 11 is 0. The van der Waals surface area contributed by atoms with Gasteiger partial charge >= 0.3 is 0 Å². The van der Waals surface area contributed by atoms with E-state index in [1.807, 2.05) is 0 Å². The summed E-state index contributed by atoms with van der Waals surface area (Å²) < 4.78 is 1.37. The Balaban J connectivity index is 3.58. The van der Waals surface area contributed by atoms with Crippen molar-refractivity contribution in [2.45, 2.75) is 98.3 Å². The van der Waals surface area contributed by atoms with Crippen molar-refractivity contribution in [3.05, 3.63) is 0 Å². The first-order valence-electron chi connectivity index (χ1n) is 9.59. The van der Waals surface area contributed by atoms with E-state index in [4.69, 9.17) is 0 Å². The van der Waals surface area contributed by atoms with E-state index >= 15 is 0 Å². The fraction of sp³-hybridized carbons (Fsp3) is 1.00. The Hall–Kier alpha value is -0.0400. The highest BCUT2D eigenvalue weighted by atomic mass is 15.3. The predicted octanol–water partition coefficient (Wildman–Crippen LogP) is 6.17. The number of nitrogens with zero attached hydrogens (tertiary/aromatic N) is 1. The molecule has 0 fully saturated rings. The summed E-state index contributed by atoms with van der Waals surface area (Å²) in [6.45, 7) is 14.9. The minimum absolute atomic E-state index is 1.33. The lowest BCUT2D eigenvalue weighted by Gasteiger charge is -2.37. The zero-order valence-electron chi connectivity index (χ0n) is 15.1. The van der Waals surface area contributed by atoms with Crippen LogP contribution in [-0.4, -0.2) is 30.7 Å². The molecule has 0 aromatic carbocycles. The second kappa shape index (κ2) is 13.9. The second-order valence-electron chi connectivity index (χ2n) is 6.60. The van der Waals surface area contributed by atoms with Gasteiger partial charge in [-0.1, -0.05) is 65.2 Å². The molecule has 0 heterocycles. The summed E-state index contributed by atoms with van der Waals surface area (Å²) in [5.41, 5.74) is 0. The van der Waals surface area contributed by atoms with Gasteiger partial charge in [-0.15, -0.1) is 0 Å². The van der Waals surface area contributed by atoms with Crippen molar-refractivity contribution in [1.29, 1.82) is 0 Å². The van der Waals surface area contributed by atoms with Crippen molar-refractivity contribution in [2.24, 2.45) is 0 Å². The zero-order valence-corrected chi connectivity index (χ0v) is 15.1. The maximum absolute atomic E-state index is 2.38. The van der Waals surface area contributed by atoms with Crippen molar-refractivity contribution >= 4 is 0 Å². The van der Waals surface area contributed by atoms with Crippen molar-refractivity contribution < 1.29 is 4.48 Å². The van der Waals surface area contributed by atoms with E-state index in [0.29, 0.717) is 0 Å². The molecule has 0 unspecified atom stereocenters. The number of quaternary nitrogens is 1. The van der Waals surface area contributed by atoms with E-state index in [2.05, 4.69) is 27.7 Å². The Bertz CT molecular complexity index is 184. The first-order valence-corrected chi connectivity index (χ1v) is 9.59. The van der Waals surface area contributed by atoms with Gasteiger partial charge in [0, 0.05) is 0 Å². The molecule has 0 aromatic heterocycles. The standard InChI is InChI=1S/C19H42N/c1-5-9-11-12-13-14-15-16-17-19-20(7-3,8-4)18-10-6-2/h5-19H2,1-4H3/q+1. The van der Waals surface area contributed by atoms with Gasteiger partial charge in [0.15, 0.2) is 0 Å². The number of rotatable bonds is 15. The maximum Gasteiger partial charge on any atom is 0.0786 e. The van der Waals surface area contributed by atoms with Crippen LogP contribution in [-0.2, 0) is 0 Å². The first-order chi connectivity index (χ1) is 9.74. The third-order valence-corrected chi connectivity index (χ3v) is 5.06. The van der Waals surface area contributed by atoms with Crippen LogP contribution < -0.4 is 0 Å². The van der Waals surface area contributed by atoms with E-state index in [0.717, 1.165) is 0 Å². The van der Waals surface area contributed by atoms with Crippen LogP contribution in [0.25, 0.3) is 0 Å². The molecular weight excluding hydrogens is 242 g/mol. The molecule has 0 amide bonds. The Kier molecular flexibility index (Phi) is 13.9. The third-order valence-electron chi connectivity index (χ3n) is 5.06. The van der Waals surface area contributed by atoms with Crippen molar-refractivity contribution in [2.75, 3.05) is 26.2 Å². The van der Waals surface area contributed by atoms with Crippen LogP contribution >= 0.6 is 0 Å². The molecule has 1 heteroatoms. The highest BCUT2D eigenvalue weighted by Crippen LogP contribution is 2.14.